The minimum absolute atomic E-state index is 0.00873. The topological polar surface area (TPSA) is 34.1 Å². The van der Waals surface area contributed by atoms with Gasteiger partial charge >= 0.3 is 0 Å². The first-order valence-corrected chi connectivity index (χ1v) is 7.67. The summed E-state index contributed by atoms with van der Waals surface area (Å²) in [6.07, 6.45) is 0.667. The summed E-state index contributed by atoms with van der Waals surface area (Å²) < 4.78 is 24.5. The molecule has 2 nitrogen and oxygen atoms in total. The highest BCUT2D eigenvalue weighted by atomic mass is 32.2. The lowest BCUT2D eigenvalue weighted by Crippen LogP contribution is -2.09. The van der Waals surface area contributed by atoms with Crippen LogP contribution in [0.3, 0.4) is 0 Å². The Morgan fingerprint density at radius 2 is 1.78 bits per heavy atom. The van der Waals surface area contributed by atoms with Crippen LogP contribution in [-0.4, -0.2) is 13.7 Å². The van der Waals surface area contributed by atoms with Crippen LogP contribution in [0.25, 0.3) is 0 Å². The third-order valence-corrected chi connectivity index (χ3v) is 5.08. The molecule has 0 aliphatic heterocycles. The molecule has 0 unspecified atom stereocenters. The highest BCUT2D eigenvalue weighted by Gasteiger charge is 2.47. The number of rotatable bonds is 2. The molecule has 0 heterocycles. The van der Waals surface area contributed by atoms with Gasteiger partial charge in [0.1, 0.15) is 0 Å². The van der Waals surface area contributed by atoms with Crippen LogP contribution in [0.2, 0.25) is 0 Å². The SMILES string of the molecule is CC(C)(C)C#C[C@H]1C[C@@H]1S(=O)(=O)c1ccccc1. The fourth-order valence-corrected chi connectivity index (χ4v) is 3.61. The normalized spacial score (nSPS) is 23.1. The third kappa shape index (κ3) is 2.94. The molecule has 1 aliphatic carbocycles. The summed E-state index contributed by atoms with van der Waals surface area (Å²) in [5.74, 6) is 6.22. The fraction of sp³-hybridized carbons (Fsp3) is 0.467. The van der Waals surface area contributed by atoms with E-state index in [1.165, 1.54) is 0 Å². The van der Waals surface area contributed by atoms with E-state index < -0.39 is 9.84 Å². The second kappa shape index (κ2) is 4.44. The van der Waals surface area contributed by atoms with Crippen molar-refractivity contribution in [3.63, 3.8) is 0 Å². The first kappa shape index (κ1) is 13.2. The van der Waals surface area contributed by atoms with E-state index in [-0.39, 0.29) is 16.6 Å². The first-order valence-electron chi connectivity index (χ1n) is 6.12. The summed E-state index contributed by atoms with van der Waals surface area (Å²) in [5.41, 5.74) is -0.0658. The van der Waals surface area contributed by atoms with Gasteiger partial charge < -0.3 is 0 Å². The minimum Gasteiger partial charge on any atom is -0.223 e. The van der Waals surface area contributed by atoms with Gasteiger partial charge in [-0.2, -0.15) is 0 Å². The molecular weight excluding hydrogens is 244 g/mol. The van der Waals surface area contributed by atoms with Gasteiger partial charge in [0.25, 0.3) is 0 Å². The standard InChI is InChI=1S/C15H18O2S/c1-15(2,3)10-9-12-11-14(12)18(16,17)13-7-5-4-6-8-13/h4-8,12,14H,11H2,1-3H3/t12-,14-/m0/s1. The Morgan fingerprint density at radius 1 is 1.17 bits per heavy atom. The van der Waals surface area contributed by atoms with Crippen molar-refractivity contribution in [1.82, 2.24) is 0 Å². The van der Waals surface area contributed by atoms with E-state index in [2.05, 4.69) is 11.8 Å². The maximum Gasteiger partial charge on any atom is 0.182 e. The zero-order valence-electron chi connectivity index (χ0n) is 11.0. The summed E-state index contributed by atoms with van der Waals surface area (Å²) in [5, 5.41) is -0.310. The quantitative estimate of drug-likeness (QED) is 0.768. The molecule has 1 aromatic carbocycles. The molecular formula is C15H18O2S. The summed E-state index contributed by atoms with van der Waals surface area (Å²) in [6, 6.07) is 8.64. The Labute approximate surface area is 109 Å². The average Bonchev–Trinajstić information content (AvgIpc) is 3.07. The Bertz CT molecular complexity index is 583. The van der Waals surface area contributed by atoms with Crippen molar-refractivity contribution in [2.45, 2.75) is 37.3 Å². The molecule has 1 aromatic rings. The monoisotopic (exact) mass is 262 g/mol. The van der Waals surface area contributed by atoms with E-state index in [1.807, 2.05) is 26.8 Å². The van der Waals surface area contributed by atoms with E-state index in [1.54, 1.807) is 24.3 Å². The van der Waals surface area contributed by atoms with Crippen molar-refractivity contribution in [1.29, 1.82) is 0 Å². The Balaban J connectivity index is 2.14. The molecule has 0 amide bonds. The van der Waals surface area contributed by atoms with Gasteiger partial charge in [-0.25, -0.2) is 8.42 Å². The molecule has 0 bridgehead atoms. The van der Waals surface area contributed by atoms with Gasteiger partial charge in [0.15, 0.2) is 9.84 Å². The maximum absolute atomic E-state index is 12.3. The van der Waals surface area contributed by atoms with Crippen molar-refractivity contribution in [2.75, 3.05) is 0 Å². The molecule has 96 valence electrons. The molecule has 0 saturated heterocycles. The summed E-state index contributed by atoms with van der Waals surface area (Å²) in [4.78, 5) is 0.412. The van der Waals surface area contributed by atoms with Crippen molar-refractivity contribution in [3.05, 3.63) is 30.3 Å². The van der Waals surface area contributed by atoms with Crippen molar-refractivity contribution in [2.24, 2.45) is 11.3 Å². The summed E-state index contributed by atoms with van der Waals surface area (Å²) in [6.45, 7) is 6.09. The van der Waals surface area contributed by atoms with Crippen LogP contribution in [0.4, 0.5) is 0 Å². The Hall–Kier alpha value is -1.27. The minimum atomic E-state index is -3.19. The largest absolute Gasteiger partial charge is 0.223 e. The number of sulfone groups is 1. The molecule has 18 heavy (non-hydrogen) atoms. The zero-order chi connectivity index (χ0) is 13.4. The molecule has 2 rings (SSSR count). The molecule has 0 radical (unpaired) electrons. The van der Waals surface area contributed by atoms with Crippen LogP contribution in [-0.2, 0) is 9.84 Å². The smallest absolute Gasteiger partial charge is 0.182 e. The van der Waals surface area contributed by atoms with Crippen LogP contribution < -0.4 is 0 Å². The van der Waals surface area contributed by atoms with Gasteiger partial charge in [0, 0.05) is 11.3 Å². The van der Waals surface area contributed by atoms with E-state index >= 15 is 0 Å². The lowest BCUT2D eigenvalue weighted by Gasteiger charge is -2.06. The molecule has 1 fully saturated rings. The Kier molecular flexibility index (Phi) is 3.25. The van der Waals surface area contributed by atoms with Crippen molar-refractivity contribution >= 4 is 9.84 Å². The van der Waals surface area contributed by atoms with Crippen LogP contribution in [0, 0.1) is 23.2 Å². The second-order valence-electron chi connectivity index (χ2n) is 5.76. The van der Waals surface area contributed by atoms with Gasteiger partial charge in [-0.15, -0.1) is 0 Å². The lowest BCUT2D eigenvalue weighted by atomic mass is 9.98. The highest BCUT2D eigenvalue weighted by Crippen LogP contribution is 2.40. The predicted octanol–water partition coefficient (Wildman–Crippen LogP) is 2.90. The van der Waals surface area contributed by atoms with Crippen molar-refractivity contribution in [3.8, 4) is 11.8 Å². The van der Waals surface area contributed by atoms with Gasteiger partial charge in [-0.05, 0) is 39.3 Å². The predicted molar refractivity (Wildman–Crippen MR) is 72.8 cm³/mol. The summed E-state index contributed by atoms with van der Waals surface area (Å²) in [7, 11) is -3.19. The molecule has 1 aliphatic rings. The highest BCUT2D eigenvalue weighted by molar-refractivity contribution is 7.92. The molecule has 0 aromatic heterocycles. The average molecular weight is 262 g/mol. The molecule has 3 heteroatoms. The van der Waals surface area contributed by atoms with Gasteiger partial charge in [0.05, 0.1) is 10.1 Å². The van der Waals surface area contributed by atoms with Gasteiger partial charge in [-0.1, -0.05) is 30.0 Å². The van der Waals surface area contributed by atoms with Crippen LogP contribution in [0.1, 0.15) is 27.2 Å². The molecule has 0 spiro atoms. The van der Waals surface area contributed by atoms with E-state index in [0.717, 1.165) is 0 Å². The first-order chi connectivity index (χ1) is 8.31. The summed E-state index contributed by atoms with van der Waals surface area (Å²) >= 11 is 0. The van der Waals surface area contributed by atoms with Crippen molar-refractivity contribution < 1.29 is 8.42 Å². The van der Waals surface area contributed by atoms with E-state index in [9.17, 15) is 8.42 Å². The van der Waals surface area contributed by atoms with Gasteiger partial charge in [-0.3, -0.25) is 0 Å². The second-order valence-corrected chi connectivity index (χ2v) is 7.92. The zero-order valence-corrected chi connectivity index (χ0v) is 11.8. The molecule has 0 N–H and O–H groups in total. The van der Waals surface area contributed by atoms with E-state index in [4.69, 9.17) is 0 Å². The Morgan fingerprint density at radius 3 is 2.33 bits per heavy atom. The van der Waals surface area contributed by atoms with Crippen LogP contribution in [0.5, 0.6) is 0 Å². The third-order valence-electron chi connectivity index (χ3n) is 2.83. The fourth-order valence-electron chi connectivity index (χ4n) is 1.76. The van der Waals surface area contributed by atoms with Crippen LogP contribution in [0.15, 0.2) is 35.2 Å². The number of hydrogen-bond acceptors (Lipinski definition) is 2. The van der Waals surface area contributed by atoms with Gasteiger partial charge in [0.2, 0.25) is 0 Å². The lowest BCUT2D eigenvalue weighted by molar-refractivity contribution is 0.569. The molecule has 1 saturated carbocycles. The van der Waals surface area contributed by atoms with E-state index in [0.29, 0.717) is 11.3 Å². The van der Waals surface area contributed by atoms with Crippen LogP contribution >= 0.6 is 0 Å². The number of benzene rings is 1. The molecule has 2 atom stereocenters. The maximum atomic E-state index is 12.3. The number of hydrogen-bond donors (Lipinski definition) is 0.